The second kappa shape index (κ2) is 12.0. The van der Waals surface area contributed by atoms with E-state index >= 15 is 0 Å². The predicted molar refractivity (Wildman–Crippen MR) is 61.2 cm³/mol. The van der Waals surface area contributed by atoms with Crippen LogP contribution in [0.2, 0.25) is 0 Å². The Hall–Kier alpha value is -0.0400. The Morgan fingerprint density at radius 3 is 1.46 bits per heavy atom. The summed E-state index contributed by atoms with van der Waals surface area (Å²) < 4.78 is 0. The first-order chi connectivity index (χ1) is 6.41. The quantitative estimate of drug-likeness (QED) is 0.643. The Labute approximate surface area is 84.3 Å². The first-order valence-electron chi connectivity index (χ1n) is 6.12. The lowest BCUT2D eigenvalue weighted by molar-refractivity contribution is 0.624. The summed E-state index contributed by atoms with van der Waals surface area (Å²) in [6.07, 6.45) is 11.3. The minimum Gasteiger partial charge on any atom is -0.317 e. The van der Waals surface area contributed by atoms with Crippen LogP contribution < -0.4 is 5.32 Å². The smallest absolute Gasteiger partial charge is 0.00484 e. The van der Waals surface area contributed by atoms with Crippen molar-refractivity contribution in [2.75, 3.05) is 13.1 Å². The summed E-state index contributed by atoms with van der Waals surface area (Å²) >= 11 is 0. The van der Waals surface area contributed by atoms with Crippen molar-refractivity contribution >= 4 is 0 Å². The van der Waals surface area contributed by atoms with Crippen molar-refractivity contribution in [3.63, 3.8) is 0 Å². The van der Waals surface area contributed by atoms with Gasteiger partial charge in [0, 0.05) is 0 Å². The second-order valence-electron chi connectivity index (χ2n) is 3.87. The van der Waals surface area contributed by atoms with Gasteiger partial charge in [-0.2, -0.15) is 0 Å². The second-order valence-corrected chi connectivity index (χ2v) is 3.87. The molecule has 0 spiro atoms. The molecular weight excluding hydrogens is 158 g/mol. The third-order valence-corrected chi connectivity index (χ3v) is 2.41. The SMILES string of the molecule is C1CCNC1.CCCCCCCC. The first-order valence-corrected chi connectivity index (χ1v) is 6.12. The Morgan fingerprint density at radius 1 is 0.769 bits per heavy atom. The van der Waals surface area contributed by atoms with Gasteiger partial charge in [0.1, 0.15) is 0 Å². The molecule has 0 saturated carbocycles. The summed E-state index contributed by atoms with van der Waals surface area (Å²) in [6.45, 7) is 7.01. The molecule has 0 aromatic carbocycles. The minimum absolute atomic E-state index is 1.25. The molecule has 0 bridgehead atoms. The molecule has 1 nitrogen and oxygen atoms in total. The fourth-order valence-electron chi connectivity index (χ4n) is 1.48. The van der Waals surface area contributed by atoms with E-state index in [0.717, 1.165) is 0 Å². The molecule has 1 N–H and O–H groups in total. The molecule has 0 atom stereocenters. The van der Waals surface area contributed by atoms with Gasteiger partial charge in [0.05, 0.1) is 0 Å². The van der Waals surface area contributed by atoms with Crippen molar-refractivity contribution in [3.05, 3.63) is 0 Å². The van der Waals surface area contributed by atoms with Gasteiger partial charge in [-0.25, -0.2) is 0 Å². The molecule has 13 heavy (non-hydrogen) atoms. The fourth-order valence-corrected chi connectivity index (χ4v) is 1.48. The van der Waals surface area contributed by atoms with Gasteiger partial charge in [-0.15, -0.1) is 0 Å². The molecule has 0 unspecified atom stereocenters. The summed E-state index contributed by atoms with van der Waals surface area (Å²) in [5, 5.41) is 3.22. The van der Waals surface area contributed by atoms with E-state index < -0.39 is 0 Å². The zero-order valence-electron chi connectivity index (χ0n) is 9.57. The summed E-state index contributed by atoms with van der Waals surface area (Å²) in [5.74, 6) is 0. The molecule has 0 amide bonds. The van der Waals surface area contributed by atoms with Crippen LogP contribution in [0.3, 0.4) is 0 Å². The molecular formula is C12H27N. The van der Waals surface area contributed by atoms with E-state index in [1.807, 2.05) is 0 Å². The molecule has 0 radical (unpaired) electrons. The van der Waals surface area contributed by atoms with Gasteiger partial charge in [0.2, 0.25) is 0 Å². The van der Waals surface area contributed by atoms with Gasteiger partial charge in [0.25, 0.3) is 0 Å². The van der Waals surface area contributed by atoms with Crippen LogP contribution in [0, 0.1) is 0 Å². The highest BCUT2D eigenvalue weighted by atomic mass is 14.9. The van der Waals surface area contributed by atoms with Crippen molar-refractivity contribution in [3.8, 4) is 0 Å². The van der Waals surface area contributed by atoms with Gasteiger partial charge >= 0.3 is 0 Å². The average molecular weight is 185 g/mol. The van der Waals surface area contributed by atoms with E-state index in [-0.39, 0.29) is 0 Å². The van der Waals surface area contributed by atoms with E-state index in [0.29, 0.717) is 0 Å². The third-order valence-electron chi connectivity index (χ3n) is 2.41. The number of nitrogens with one attached hydrogen (secondary N) is 1. The molecule has 0 aromatic rings. The van der Waals surface area contributed by atoms with Crippen LogP contribution in [0.25, 0.3) is 0 Å². The molecule has 1 heterocycles. The van der Waals surface area contributed by atoms with Gasteiger partial charge in [-0.05, 0) is 25.9 Å². The Morgan fingerprint density at radius 2 is 1.23 bits per heavy atom. The van der Waals surface area contributed by atoms with Crippen molar-refractivity contribution in [1.82, 2.24) is 5.32 Å². The highest BCUT2D eigenvalue weighted by Gasteiger charge is 1.93. The van der Waals surface area contributed by atoms with E-state index in [1.54, 1.807) is 0 Å². The average Bonchev–Trinajstić information content (AvgIpc) is 2.70. The zero-order chi connectivity index (χ0) is 9.78. The third kappa shape index (κ3) is 12.0. The highest BCUT2D eigenvalue weighted by Crippen LogP contribution is 2.03. The fraction of sp³-hybridized carbons (Fsp3) is 1.00. The summed E-state index contributed by atoms with van der Waals surface area (Å²) in [5.41, 5.74) is 0. The maximum absolute atomic E-state index is 3.22. The maximum atomic E-state index is 3.22. The summed E-state index contributed by atoms with van der Waals surface area (Å²) in [6, 6.07) is 0. The zero-order valence-corrected chi connectivity index (χ0v) is 9.57. The van der Waals surface area contributed by atoms with Crippen LogP contribution >= 0.6 is 0 Å². The van der Waals surface area contributed by atoms with Crippen LogP contribution in [-0.4, -0.2) is 13.1 Å². The number of hydrogen-bond donors (Lipinski definition) is 1. The lowest BCUT2D eigenvalue weighted by Gasteiger charge is -1.93. The lowest BCUT2D eigenvalue weighted by Crippen LogP contribution is -2.03. The monoisotopic (exact) mass is 185 g/mol. The van der Waals surface area contributed by atoms with Crippen LogP contribution in [-0.2, 0) is 0 Å². The Balaban J connectivity index is 0.000000243. The molecule has 80 valence electrons. The van der Waals surface area contributed by atoms with E-state index in [4.69, 9.17) is 0 Å². The van der Waals surface area contributed by atoms with Gasteiger partial charge < -0.3 is 5.32 Å². The topological polar surface area (TPSA) is 12.0 Å². The minimum atomic E-state index is 1.25. The maximum Gasteiger partial charge on any atom is -0.00484 e. The molecule has 0 aliphatic carbocycles. The van der Waals surface area contributed by atoms with E-state index in [9.17, 15) is 0 Å². The summed E-state index contributed by atoms with van der Waals surface area (Å²) in [4.78, 5) is 0. The summed E-state index contributed by atoms with van der Waals surface area (Å²) in [7, 11) is 0. The molecule has 0 aromatic heterocycles. The number of rotatable bonds is 5. The van der Waals surface area contributed by atoms with Crippen molar-refractivity contribution in [2.45, 2.75) is 65.2 Å². The van der Waals surface area contributed by atoms with Gasteiger partial charge in [-0.3, -0.25) is 0 Å². The van der Waals surface area contributed by atoms with Crippen molar-refractivity contribution in [2.24, 2.45) is 0 Å². The Bertz CT molecular complexity index is 63.6. The highest BCUT2D eigenvalue weighted by molar-refractivity contribution is 4.55. The van der Waals surface area contributed by atoms with E-state index in [2.05, 4.69) is 19.2 Å². The van der Waals surface area contributed by atoms with E-state index in [1.165, 1.54) is 64.5 Å². The first kappa shape index (κ1) is 13.0. The molecule has 1 fully saturated rings. The van der Waals surface area contributed by atoms with Crippen LogP contribution in [0.5, 0.6) is 0 Å². The largest absolute Gasteiger partial charge is 0.317 e. The van der Waals surface area contributed by atoms with Gasteiger partial charge in [0.15, 0.2) is 0 Å². The molecule has 1 aliphatic rings. The Kier molecular flexibility index (Phi) is 11.9. The normalized spacial score (nSPS) is 15.2. The van der Waals surface area contributed by atoms with Gasteiger partial charge in [-0.1, -0.05) is 52.4 Å². The molecule has 1 saturated heterocycles. The van der Waals surface area contributed by atoms with Crippen LogP contribution in [0.4, 0.5) is 0 Å². The predicted octanol–water partition coefficient (Wildman–Crippen LogP) is 3.74. The standard InChI is InChI=1S/C8H18.C4H9N/c1-3-5-7-8-6-4-2;1-2-4-5-3-1/h3-8H2,1-2H3;5H,1-4H2. The molecule has 1 heteroatoms. The van der Waals surface area contributed by atoms with Crippen LogP contribution in [0.15, 0.2) is 0 Å². The number of hydrogen-bond acceptors (Lipinski definition) is 1. The molecule has 1 rings (SSSR count). The van der Waals surface area contributed by atoms with Crippen LogP contribution in [0.1, 0.15) is 65.2 Å². The van der Waals surface area contributed by atoms with Crippen molar-refractivity contribution in [1.29, 1.82) is 0 Å². The lowest BCUT2D eigenvalue weighted by atomic mass is 10.1. The van der Waals surface area contributed by atoms with Crippen molar-refractivity contribution < 1.29 is 0 Å². The number of unbranched alkanes of at least 4 members (excludes halogenated alkanes) is 5. The molecule has 1 aliphatic heterocycles.